The number of thiocarbonyl (C=S) groups is 1. The number of ketones is 1. The Kier molecular flexibility index (Phi) is 6.87. The van der Waals surface area contributed by atoms with Crippen molar-refractivity contribution in [2.45, 2.75) is 23.8 Å². The number of rotatable bonds is 4. The van der Waals surface area contributed by atoms with Crippen molar-refractivity contribution in [3.05, 3.63) is 29.8 Å². The number of alkyl halides is 3. The first-order chi connectivity index (χ1) is 10.1. The Morgan fingerprint density at radius 2 is 1.64 bits per heavy atom. The summed E-state index contributed by atoms with van der Waals surface area (Å²) in [4.78, 5) is 22.3. The number of halogens is 3. The number of amides is 1. The van der Waals surface area contributed by atoms with Gasteiger partial charge < -0.3 is 16.0 Å². The molecular weight excluding hydrogens is 369 g/mol. The summed E-state index contributed by atoms with van der Waals surface area (Å²) in [5.41, 5.74) is 1.23. The largest absolute Gasteiger partial charge is 0.339 e. The molecule has 22 heavy (non-hydrogen) atoms. The average molecular weight is 383 g/mol. The lowest BCUT2D eigenvalue weighted by Gasteiger charge is -2.27. The first kappa shape index (κ1) is 19.0. The zero-order chi connectivity index (χ0) is 16.9. The Morgan fingerprint density at radius 1 is 1.09 bits per heavy atom. The molecule has 0 aliphatic carbocycles. The Morgan fingerprint density at radius 3 is 2.05 bits per heavy atom. The highest BCUT2D eigenvalue weighted by molar-refractivity contribution is 7.80. The van der Waals surface area contributed by atoms with Crippen LogP contribution in [-0.2, 0) is 4.79 Å². The molecule has 0 fully saturated rings. The minimum absolute atomic E-state index is 0.0332. The van der Waals surface area contributed by atoms with Crippen LogP contribution in [-0.4, -0.2) is 26.8 Å². The van der Waals surface area contributed by atoms with Gasteiger partial charge in [0.2, 0.25) is 9.70 Å². The third kappa shape index (κ3) is 6.36. The van der Waals surface area contributed by atoms with Gasteiger partial charge in [0, 0.05) is 18.2 Å². The lowest BCUT2D eigenvalue weighted by Crippen LogP contribution is -2.55. The van der Waals surface area contributed by atoms with Gasteiger partial charge in [0.25, 0.3) is 0 Å². The molecule has 0 bridgehead atoms. The third-order valence-electron chi connectivity index (χ3n) is 2.50. The fourth-order valence-electron chi connectivity index (χ4n) is 1.49. The van der Waals surface area contributed by atoms with E-state index in [2.05, 4.69) is 16.0 Å². The monoisotopic (exact) mass is 381 g/mol. The Hall–Kier alpha value is -1.08. The van der Waals surface area contributed by atoms with Gasteiger partial charge in [0.05, 0.1) is 0 Å². The molecule has 0 aliphatic heterocycles. The smallest absolute Gasteiger partial charge is 0.228 e. The maximum atomic E-state index is 11.2. The van der Waals surface area contributed by atoms with E-state index in [1.165, 1.54) is 13.8 Å². The number of hydrogen-bond donors (Lipinski definition) is 3. The van der Waals surface area contributed by atoms with Gasteiger partial charge >= 0.3 is 0 Å². The SMILES string of the molecule is CC(=O)N[C@H](NC(=S)Nc1ccc(C(C)=O)cc1)C(Cl)(Cl)Cl. The van der Waals surface area contributed by atoms with E-state index in [4.69, 9.17) is 47.0 Å². The van der Waals surface area contributed by atoms with Crippen LogP contribution in [0.15, 0.2) is 24.3 Å². The van der Waals surface area contributed by atoms with Gasteiger partial charge in [-0.1, -0.05) is 34.8 Å². The second-order valence-corrected chi connectivity index (χ2v) is 7.18. The van der Waals surface area contributed by atoms with E-state index in [9.17, 15) is 9.59 Å². The number of nitrogens with one attached hydrogen (secondary N) is 3. The first-order valence-corrected chi connectivity index (χ1v) is 7.66. The predicted octanol–water partition coefficient (Wildman–Crippen LogP) is 3.01. The number of hydrogen-bond acceptors (Lipinski definition) is 3. The van der Waals surface area contributed by atoms with Gasteiger partial charge in [0.15, 0.2) is 10.9 Å². The molecule has 0 saturated carbocycles. The van der Waals surface area contributed by atoms with Crippen LogP contribution >= 0.6 is 47.0 Å². The van der Waals surface area contributed by atoms with Crippen LogP contribution in [0.25, 0.3) is 0 Å². The molecule has 0 aromatic heterocycles. The maximum Gasteiger partial charge on any atom is 0.228 e. The van der Waals surface area contributed by atoms with Crippen LogP contribution in [0.2, 0.25) is 0 Å². The van der Waals surface area contributed by atoms with Gasteiger partial charge in [-0.05, 0) is 43.4 Å². The van der Waals surface area contributed by atoms with Gasteiger partial charge in [-0.25, -0.2) is 0 Å². The molecule has 9 heteroatoms. The molecule has 0 unspecified atom stereocenters. The first-order valence-electron chi connectivity index (χ1n) is 6.12. The Bertz CT molecular complexity index is 573. The average Bonchev–Trinajstić information content (AvgIpc) is 2.36. The van der Waals surface area contributed by atoms with Crippen molar-refractivity contribution in [3.63, 3.8) is 0 Å². The zero-order valence-corrected chi connectivity index (χ0v) is 14.8. The normalized spacial score (nSPS) is 12.2. The van der Waals surface area contributed by atoms with Crippen LogP contribution in [0.3, 0.4) is 0 Å². The minimum atomic E-state index is -1.78. The van der Waals surface area contributed by atoms with Crippen LogP contribution in [0, 0.1) is 0 Å². The van der Waals surface area contributed by atoms with Crippen molar-refractivity contribution in [1.82, 2.24) is 10.6 Å². The number of carbonyl (C=O) groups excluding carboxylic acids is 2. The van der Waals surface area contributed by atoms with Gasteiger partial charge in [0.1, 0.15) is 6.17 Å². The van der Waals surface area contributed by atoms with Crippen LogP contribution in [0.5, 0.6) is 0 Å². The molecule has 3 N–H and O–H groups in total. The predicted molar refractivity (Wildman–Crippen MR) is 93.7 cm³/mol. The molecule has 1 rings (SSSR count). The summed E-state index contributed by atoms with van der Waals surface area (Å²) >= 11 is 22.4. The van der Waals surface area contributed by atoms with Crippen LogP contribution in [0.4, 0.5) is 5.69 Å². The molecule has 1 atom stereocenters. The highest BCUT2D eigenvalue weighted by Gasteiger charge is 2.33. The highest BCUT2D eigenvalue weighted by atomic mass is 35.6. The molecule has 0 saturated heterocycles. The standard InChI is InChI=1S/C13H14Cl3N3O2S/c1-7(20)9-3-5-10(6-4-9)18-12(22)19-11(13(14,15)16)17-8(2)21/h3-6,11H,1-2H3,(H,17,21)(H2,18,19,22)/t11-/m1/s1. The van der Waals surface area contributed by atoms with E-state index in [0.29, 0.717) is 11.3 Å². The number of benzene rings is 1. The van der Waals surface area contributed by atoms with Gasteiger partial charge in [-0.3, -0.25) is 9.59 Å². The zero-order valence-electron chi connectivity index (χ0n) is 11.7. The van der Waals surface area contributed by atoms with Crippen molar-refractivity contribution < 1.29 is 9.59 Å². The molecule has 1 aromatic carbocycles. The molecule has 0 aliphatic rings. The summed E-state index contributed by atoms with van der Waals surface area (Å²) in [7, 11) is 0. The summed E-state index contributed by atoms with van der Waals surface area (Å²) < 4.78 is -1.78. The topological polar surface area (TPSA) is 70.2 Å². The summed E-state index contributed by atoms with van der Waals surface area (Å²) in [5.74, 6) is -0.411. The van der Waals surface area contributed by atoms with E-state index in [0.717, 1.165) is 0 Å². The number of anilines is 1. The minimum Gasteiger partial charge on any atom is -0.339 e. The molecule has 5 nitrogen and oxygen atoms in total. The molecular formula is C13H14Cl3N3O2S. The van der Waals surface area contributed by atoms with E-state index in [1.54, 1.807) is 24.3 Å². The Balaban J connectivity index is 2.71. The summed E-state index contributed by atoms with van der Waals surface area (Å²) in [6, 6.07) is 6.70. The van der Waals surface area contributed by atoms with Crippen molar-refractivity contribution in [3.8, 4) is 0 Å². The molecule has 120 valence electrons. The molecule has 1 aromatic rings. The van der Waals surface area contributed by atoms with Crippen molar-refractivity contribution in [2.75, 3.05) is 5.32 Å². The Labute approximate surface area is 148 Å². The second-order valence-electron chi connectivity index (χ2n) is 4.41. The van der Waals surface area contributed by atoms with Crippen LogP contribution < -0.4 is 16.0 Å². The third-order valence-corrected chi connectivity index (χ3v) is 3.37. The molecule has 0 spiro atoms. The second kappa shape index (κ2) is 7.97. The van der Waals surface area contributed by atoms with Crippen molar-refractivity contribution in [2.24, 2.45) is 0 Å². The lowest BCUT2D eigenvalue weighted by atomic mass is 10.1. The fourth-order valence-corrected chi connectivity index (χ4v) is 2.05. The van der Waals surface area contributed by atoms with Crippen LogP contribution in [0.1, 0.15) is 24.2 Å². The summed E-state index contributed by atoms with van der Waals surface area (Å²) in [5, 5.41) is 8.16. The lowest BCUT2D eigenvalue weighted by molar-refractivity contribution is -0.119. The van der Waals surface area contributed by atoms with E-state index in [-0.39, 0.29) is 16.8 Å². The van der Waals surface area contributed by atoms with Gasteiger partial charge in [-0.2, -0.15) is 0 Å². The van der Waals surface area contributed by atoms with E-state index in [1.807, 2.05) is 0 Å². The quantitative estimate of drug-likeness (QED) is 0.323. The van der Waals surface area contributed by atoms with E-state index >= 15 is 0 Å². The maximum absolute atomic E-state index is 11.2. The van der Waals surface area contributed by atoms with Crippen molar-refractivity contribution >= 4 is 69.5 Å². The fraction of sp³-hybridized carbons (Fsp3) is 0.308. The molecule has 1 amide bonds. The highest BCUT2D eigenvalue weighted by Crippen LogP contribution is 2.29. The van der Waals surface area contributed by atoms with Crippen molar-refractivity contribution in [1.29, 1.82) is 0 Å². The summed E-state index contributed by atoms with van der Waals surface area (Å²) in [6.07, 6.45) is -0.994. The molecule has 0 heterocycles. The number of Topliss-reactive ketones (excluding diaryl/α,β-unsaturated/α-hetero) is 1. The number of carbonyl (C=O) groups is 2. The van der Waals surface area contributed by atoms with Gasteiger partial charge in [-0.15, -0.1) is 0 Å². The van der Waals surface area contributed by atoms with E-state index < -0.39 is 9.96 Å². The summed E-state index contributed by atoms with van der Waals surface area (Å²) in [6.45, 7) is 2.77. The molecule has 0 radical (unpaired) electrons.